The molecule has 0 radical (unpaired) electrons. The molecule has 2 N–H and O–H groups in total. The molecular weight excluding hydrogens is 372 g/mol. The van der Waals surface area contributed by atoms with Crippen LogP contribution in [0.15, 0.2) is 48.5 Å². The second kappa shape index (κ2) is 10.5. The van der Waals surface area contributed by atoms with Crippen LogP contribution in [-0.4, -0.2) is 33.1 Å². The summed E-state index contributed by atoms with van der Waals surface area (Å²) >= 11 is 0. The highest BCUT2D eigenvalue weighted by molar-refractivity contribution is 5.96. The lowest BCUT2D eigenvalue weighted by Crippen LogP contribution is -2.33. The normalized spacial score (nSPS) is 11.7. The maximum Gasteiger partial charge on any atom is 0.415 e. The van der Waals surface area contributed by atoms with Crippen LogP contribution in [-0.2, 0) is 14.3 Å². The Morgan fingerprint density at radius 3 is 2.28 bits per heavy atom. The standard InChI is InChI=1S/C22H28N2O5/c1-15(2)28-18-12-10-17(11-13-18)16(3)21(29-23)19-8-6-7-9-20(19)24(14-26-4)22(25)27-5/h6-13,15H,14,23H2,1-5H3/b21-16+. The molecule has 1 amide bonds. The van der Waals surface area contributed by atoms with Crippen molar-refractivity contribution < 1.29 is 23.8 Å². The number of benzene rings is 2. The molecule has 0 fully saturated rings. The van der Waals surface area contributed by atoms with Crippen molar-refractivity contribution in [3.05, 3.63) is 59.7 Å². The Labute approximate surface area is 171 Å². The maximum atomic E-state index is 12.3. The Kier molecular flexibility index (Phi) is 8.06. The number of para-hydroxylation sites is 1. The van der Waals surface area contributed by atoms with Gasteiger partial charge in [0.25, 0.3) is 0 Å². The molecule has 29 heavy (non-hydrogen) atoms. The lowest BCUT2D eigenvalue weighted by Gasteiger charge is -2.24. The quantitative estimate of drug-likeness (QED) is 0.305. The summed E-state index contributed by atoms with van der Waals surface area (Å²) in [6.07, 6.45) is -0.457. The highest BCUT2D eigenvalue weighted by atomic mass is 16.6. The molecule has 0 atom stereocenters. The Balaban J connectivity index is 2.51. The van der Waals surface area contributed by atoms with Crippen molar-refractivity contribution in [1.82, 2.24) is 0 Å². The Morgan fingerprint density at radius 2 is 1.72 bits per heavy atom. The van der Waals surface area contributed by atoms with Crippen molar-refractivity contribution in [3.63, 3.8) is 0 Å². The van der Waals surface area contributed by atoms with Crippen molar-refractivity contribution in [2.75, 3.05) is 25.9 Å². The summed E-state index contributed by atoms with van der Waals surface area (Å²) in [5.41, 5.74) is 2.91. The average Bonchev–Trinajstić information content (AvgIpc) is 2.72. The van der Waals surface area contributed by atoms with Crippen molar-refractivity contribution in [1.29, 1.82) is 0 Å². The van der Waals surface area contributed by atoms with E-state index in [-0.39, 0.29) is 12.8 Å². The van der Waals surface area contributed by atoms with Crippen molar-refractivity contribution in [3.8, 4) is 5.75 Å². The Bertz CT molecular complexity index is 847. The van der Waals surface area contributed by atoms with Crippen LogP contribution in [0, 0.1) is 0 Å². The van der Waals surface area contributed by atoms with Gasteiger partial charge in [0.1, 0.15) is 12.5 Å². The van der Waals surface area contributed by atoms with Crippen LogP contribution in [0.2, 0.25) is 0 Å². The van der Waals surface area contributed by atoms with Gasteiger partial charge in [-0.3, -0.25) is 4.90 Å². The number of hydrogen-bond donors (Lipinski definition) is 1. The number of amides is 1. The van der Waals surface area contributed by atoms with Gasteiger partial charge in [0, 0.05) is 18.2 Å². The molecule has 7 nitrogen and oxygen atoms in total. The minimum Gasteiger partial charge on any atom is -0.491 e. The van der Waals surface area contributed by atoms with Gasteiger partial charge in [-0.05, 0) is 50.6 Å². The number of carbonyl (C=O) groups excluding carboxylic acids is 1. The van der Waals surface area contributed by atoms with Gasteiger partial charge in [0.15, 0.2) is 5.76 Å². The molecule has 0 bridgehead atoms. The lowest BCUT2D eigenvalue weighted by molar-refractivity contribution is 0.153. The first-order chi connectivity index (χ1) is 13.9. The molecule has 2 aromatic carbocycles. The van der Waals surface area contributed by atoms with E-state index >= 15 is 0 Å². The van der Waals surface area contributed by atoms with E-state index in [1.165, 1.54) is 19.1 Å². The number of carbonyl (C=O) groups is 1. The molecule has 0 aliphatic carbocycles. The van der Waals surface area contributed by atoms with Crippen molar-refractivity contribution in [2.24, 2.45) is 5.90 Å². The number of allylic oxidation sites excluding steroid dienone is 1. The van der Waals surface area contributed by atoms with Gasteiger partial charge in [-0.2, -0.15) is 5.90 Å². The van der Waals surface area contributed by atoms with E-state index < -0.39 is 6.09 Å². The zero-order valence-electron chi connectivity index (χ0n) is 17.5. The van der Waals surface area contributed by atoms with Crippen LogP contribution >= 0.6 is 0 Å². The summed E-state index contributed by atoms with van der Waals surface area (Å²) in [6, 6.07) is 14.9. The second-order valence-corrected chi connectivity index (χ2v) is 6.60. The van der Waals surface area contributed by atoms with Crippen LogP contribution in [0.25, 0.3) is 11.3 Å². The van der Waals surface area contributed by atoms with E-state index in [0.717, 1.165) is 16.9 Å². The van der Waals surface area contributed by atoms with Crippen LogP contribution < -0.4 is 15.5 Å². The van der Waals surface area contributed by atoms with Crippen LogP contribution in [0.3, 0.4) is 0 Å². The number of anilines is 1. The minimum atomic E-state index is -0.552. The Morgan fingerprint density at radius 1 is 1.07 bits per heavy atom. The SMILES string of the molecule is COCN(C(=O)OC)c1ccccc1/C(ON)=C(/C)c1ccc(OC(C)C)cc1. The molecule has 0 saturated carbocycles. The molecule has 0 spiro atoms. The summed E-state index contributed by atoms with van der Waals surface area (Å²) < 4.78 is 15.7. The van der Waals surface area contributed by atoms with Gasteiger partial charge in [0.2, 0.25) is 0 Å². The van der Waals surface area contributed by atoms with Crippen molar-refractivity contribution >= 4 is 23.1 Å². The molecule has 0 saturated heterocycles. The first-order valence-electron chi connectivity index (χ1n) is 9.21. The van der Waals surface area contributed by atoms with Gasteiger partial charge in [0.05, 0.1) is 18.9 Å². The highest BCUT2D eigenvalue weighted by Crippen LogP contribution is 2.33. The smallest absolute Gasteiger partial charge is 0.415 e. The molecule has 0 aromatic heterocycles. The minimum absolute atomic E-state index is 0.0157. The summed E-state index contributed by atoms with van der Waals surface area (Å²) in [7, 11) is 2.82. The predicted octanol–water partition coefficient (Wildman–Crippen LogP) is 4.43. The van der Waals surface area contributed by atoms with Gasteiger partial charge in [-0.25, -0.2) is 4.79 Å². The zero-order chi connectivity index (χ0) is 21.4. The summed E-state index contributed by atoms with van der Waals surface area (Å²) in [5.74, 6) is 6.86. The number of rotatable bonds is 8. The summed E-state index contributed by atoms with van der Waals surface area (Å²) in [5, 5.41) is 0. The molecule has 7 heteroatoms. The number of methoxy groups -OCH3 is 2. The van der Waals surface area contributed by atoms with Gasteiger partial charge in [-0.1, -0.05) is 24.3 Å². The third-order valence-corrected chi connectivity index (χ3v) is 4.21. The van der Waals surface area contributed by atoms with Crippen LogP contribution in [0.5, 0.6) is 5.75 Å². The average molecular weight is 400 g/mol. The first-order valence-corrected chi connectivity index (χ1v) is 9.21. The van der Waals surface area contributed by atoms with E-state index in [4.69, 9.17) is 24.9 Å². The third-order valence-electron chi connectivity index (χ3n) is 4.21. The zero-order valence-corrected chi connectivity index (χ0v) is 17.5. The maximum absolute atomic E-state index is 12.3. The van der Waals surface area contributed by atoms with Gasteiger partial charge < -0.3 is 19.0 Å². The molecule has 0 aliphatic heterocycles. The monoisotopic (exact) mass is 400 g/mol. The van der Waals surface area contributed by atoms with Crippen LogP contribution in [0.4, 0.5) is 10.5 Å². The molecule has 0 aliphatic rings. The molecule has 0 unspecified atom stereocenters. The number of nitrogens with zero attached hydrogens (tertiary/aromatic N) is 1. The van der Waals surface area contributed by atoms with E-state index in [9.17, 15) is 4.79 Å². The van der Waals surface area contributed by atoms with Crippen LogP contribution in [0.1, 0.15) is 31.9 Å². The first kappa shape index (κ1) is 22.3. The Hall–Kier alpha value is -3.03. The highest BCUT2D eigenvalue weighted by Gasteiger charge is 2.22. The number of ether oxygens (including phenoxy) is 3. The number of nitrogens with two attached hydrogens (primary N) is 1. The van der Waals surface area contributed by atoms with E-state index in [1.807, 2.05) is 63.2 Å². The van der Waals surface area contributed by atoms with E-state index in [1.54, 1.807) is 6.07 Å². The molecule has 156 valence electrons. The molecule has 0 heterocycles. The number of hydrogen-bond acceptors (Lipinski definition) is 6. The predicted molar refractivity (Wildman–Crippen MR) is 113 cm³/mol. The summed E-state index contributed by atoms with van der Waals surface area (Å²) in [6.45, 7) is 5.87. The molecular formula is C22H28N2O5. The largest absolute Gasteiger partial charge is 0.491 e. The van der Waals surface area contributed by atoms with Gasteiger partial charge >= 0.3 is 6.09 Å². The topological polar surface area (TPSA) is 83.2 Å². The fraction of sp³-hybridized carbons (Fsp3) is 0.318. The van der Waals surface area contributed by atoms with Gasteiger partial charge in [-0.15, -0.1) is 0 Å². The fourth-order valence-electron chi connectivity index (χ4n) is 2.90. The fourth-order valence-corrected chi connectivity index (χ4v) is 2.90. The summed E-state index contributed by atoms with van der Waals surface area (Å²) in [4.78, 5) is 18.9. The van der Waals surface area contributed by atoms with Crippen molar-refractivity contribution in [2.45, 2.75) is 26.9 Å². The third kappa shape index (κ3) is 5.49. The van der Waals surface area contributed by atoms with E-state index in [0.29, 0.717) is 17.0 Å². The lowest BCUT2D eigenvalue weighted by atomic mass is 10.0. The van der Waals surface area contributed by atoms with E-state index in [2.05, 4.69) is 0 Å². The second-order valence-electron chi connectivity index (χ2n) is 6.60. The molecule has 2 rings (SSSR count). The molecule has 2 aromatic rings.